The second-order valence-electron chi connectivity index (χ2n) is 4.84. The van der Waals surface area contributed by atoms with Crippen molar-refractivity contribution < 1.29 is 14.8 Å². The minimum Gasteiger partial charge on any atom is -0.507 e. The topological polar surface area (TPSA) is 118 Å². The molecule has 1 heterocycles. The van der Waals surface area contributed by atoms with Crippen molar-refractivity contribution in [3.8, 4) is 5.75 Å². The van der Waals surface area contributed by atoms with E-state index in [-0.39, 0.29) is 17.0 Å². The first kappa shape index (κ1) is 16.1. The first-order chi connectivity index (χ1) is 10.9. The van der Waals surface area contributed by atoms with Crippen LogP contribution in [-0.4, -0.2) is 27.1 Å². The Labute approximate surface area is 131 Å². The summed E-state index contributed by atoms with van der Waals surface area (Å²) in [6.45, 7) is 3.34. The van der Waals surface area contributed by atoms with Crippen molar-refractivity contribution in [2.45, 2.75) is 13.8 Å². The van der Waals surface area contributed by atoms with Gasteiger partial charge in [0.05, 0.1) is 16.7 Å². The zero-order chi connectivity index (χ0) is 17.0. The zero-order valence-electron chi connectivity index (χ0n) is 12.5. The lowest BCUT2D eigenvalue weighted by molar-refractivity contribution is -0.384. The third-order valence-corrected chi connectivity index (χ3v) is 3.07. The summed E-state index contributed by atoms with van der Waals surface area (Å²) < 4.78 is 0. The maximum absolute atomic E-state index is 11.8. The third-order valence-electron chi connectivity index (χ3n) is 3.07. The van der Waals surface area contributed by atoms with Crippen LogP contribution in [0.4, 0.5) is 5.69 Å². The maximum Gasteiger partial charge on any atom is 0.272 e. The number of rotatable bonds is 4. The highest BCUT2D eigenvalue weighted by Gasteiger charge is 2.12. The number of hydrazone groups is 1. The number of nitro groups is 1. The van der Waals surface area contributed by atoms with E-state index >= 15 is 0 Å². The number of nitro benzene ring substituents is 1. The predicted molar refractivity (Wildman–Crippen MR) is 83.5 cm³/mol. The molecule has 2 N–H and O–H groups in total. The van der Waals surface area contributed by atoms with E-state index in [1.807, 2.05) is 0 Å². The molecule has 2 aromatic rings. The lowest BCUT2D eigenvalue weighted by atomic mass is 10.1. The standard InChI is InChI=1S/C15H14N4O4/c1-9-5-13(19(22)23)6-12(14(9)20)8-17-18-15(21)11-4-3-10(2)16-7-11/h3-8,20H,1-2H3,(H,18,21). The molecule has 118 valence electrons. The Morgan fingerprint density at radius 2 is 2.13 bits per heavy atom. The van der Waals surface area contributed by atoms with Gasteiger partial charge in [0.1, 0.15) is 5.75 Å². The van der Waals surface area contributed by atoms with Crippen molar-refractivity contribution in [2.24, 2.45) is 5.10 Å². The van der Waals surface area contributed by atoms with Crippen LogP contribution in [-0.2, 0) is 0 Å². The van der Waals surface area contributed by atoms with Gasteiger partial charge in [0, 0.05) is 29.6 Å². The molecule has 0 saturated carbocycles. The summed E-state index contributed by atoms with van der Waals surface area (Å²) in [4.78, 5) is 26.1. The minimum atomic E-state index is -0.569. The van der Waals surface area contributed by atoms with E-state index in [0.717, 1.165) is 11.9 Å². The van der Waals surface area contributed by atoms with Crippen molar-refractivity contribution in [1.82, 2.24) is 10.4 Å². The summed E-state index contributed by atoms with van der Waals surface area (Å²) in [5, 5.41) is 24.4. The van der Waals surface area contributed by atoms with Crippen LogP contribution < -0.4 is 5.43 Å². The molecule has 1 amide bonds. The van der Waals surface area contributed by atoms with E-state index in [2.05, 4.69) is 15.5 Å². The number of hydrogen-bond acceptors (Lipinski definition) is 6. The molecule has 1 aromatic carbocycles. The van der Waals surface area contributed by atoms with Crippen LogP contribution in [0.2, 0.25) is 0 Å². The SMILES string of the molecule is Cc1ccc(C(=O)NN=Cc2cc([N+](=O)[O-])cc(C)c2O)cn1. The number of aryl methyl sites for hydroxylation is 2. The molecule has 0 aliphatic carbocycles. The molecule has 8 heteroatoms. The molecule has 2 rings (SSSR count). The van der Waals surface area contributed by atoms with Crippen LogP contribution in [0.3, 0.4) is 0 Å². The summed E-state index contributed by atoms with van der Waals surface area (Å²) in [6, 6.07) is 5.71. The zero-order valence-corrected chi connectivity index (χ0v) is 12.5. The van der Waals surface area contributed by atoms with Crippen LogP contribution in [0.15, 0.2) is 35.6 Å². The smallest absolute Gasteiger partial charge is 0.272 e. The van der Waals surface area contributed by atoms with Crippen LogP contribution in [0.25, 0.3) is 0 Å². The Bertz CT molecular complexity index is 785. The highest BCUT2D eigenvalue weighted by Crippen LogP contribution is 2.26. The van der Waals surface area contributed by atoms with E-state index in [1.54, 1.807) is 19.1 Å². The second-order valence-corrected chi connectivity index (χ2v) is 4.84. The first-order valence-electron chi connectivity index (χ1n) is 6.62. The van der Waals surface area contributed by atoms with E-state index in [0.29, 0.717) is 11.1 Å². The summed E-state index contributed by atoms with van der Waals surface area (Å²) in [6.07, 6.45) is 2.56. The van der Waals surface area contributed by atoms with Crippen LogP contribution >= 0.6 is 0 Å². The Morgan fingerprint density at radius 3 is 2.74 bits per heavy atom. The monoisotopic (exact) mass is 314 g/mol. The van der Waals surface area contributed by atoms with Gasteiger partial charge in [0.15, 0.2) is 0 Å². The maximum atomic E-state index is 11.8. The lowest BCUT2D eigenvalue weighted by Crippen LogP contribution is -2.17. The van der Waals surface area contributed by atoms with E-state index in [1.165, 1.54) is 25.3 Å². The Morgan fingerprint density at radius 1 is 1.39 bits per heavy atom. The van der Waals surface area contributed by atoms with Crippen LogP contribution in [0.5, 0.6) is 5.75 Å². The Hall–Kier alpha value is -3.29. The number of aromatic hydroxyl groups is 1. The molecule has 0 aliphatic rings. The van der Waals surface area contributed by atoms with Crippen LogP contribution in [0.1, 0.15) is 27.2 Å². The van der Waals surface area contributed by atoms with Gasteiger partial charge in [-0.2, -0.15) is 5.10 Å². The minimum absolute atomic E-state index is 0.134. The van der Waals surface area contributed by atoms with Gasteiger partial charge in [0.2, 0.25) is 0 Å². The fourth-order valence-corrected chi connectivity index (χ4v) is 1.82. The van der Waals surface area contributed by atoms with Crippen molar-refractivity contribution >= 4 is 17.8 Å². The van der Waals surface area contributed by atoms with Gasteiger partial charge in [-0.15, -0.1) is 0 Å². The molecule has 0 fully saturated rings. The summed E-state index contributed by atoms with van der Waals surface area (Å²) in [7, 11) is 0. The second kappa shape index (κ2) is 6.65. The molecule has 23 heavy (non-hydrogen) atoms. The number of hydrogen-bond donors (Lipinski definition) is 2. The van der Waals surface area contributed by atoms with Crippen molar-refractivity contribution in [3.63, 3.8) is 0 Å². The van der Waals surface area contributed by atoms with Crippen molar-refractivity contribution in [3.05, 3.63) is 63.0 Å². The number of carbonyl (C=O) groups excluding carboxylic acids is 1. The van der Waals surface area contributed by atoms with E-state index in [9.17, 15) is 20.0 Å². The van der Waals surface area contributed by atoms with Gasteiger partial charge in [-0.05, 0) is 31.5 Å². The number of phenolic OH excluding ortho intramolecular Hbond substituents is 1. The summed E-state index contributed by atoms with van der Waals surface area (Å²) in [5.74, 6) is -0.610. The molecular weight excluding hydrogens is 300 g/mol. The number of non-ortho nitro benzene ring substituents is 1. The highest BCUT2D eigenvalue weighted by molar-refractivity contribution is 5.95. The third kappa shape index (κ3) is 3.88. The first-order valence-corrected chi connectivity index (χ1v) is 6.62. The van der Waals surface area contributed by atoms with Gasteiger partial charge in [-0.3, -0.25) is 19.9 Å². The van der Waals surface area contributed by atoms with Gasteiger partial charge < -0.3 is 5.11 Å². The number of amides is 1. The number of pyridine rings is 1. The quantitative estimate of drug-likeness (QED) is 0.509. The number of carbonyl (C=O) groups is 1. The number of nitrogens with one attached hydrogen (secondary N) is 1. The van der Waals surface area contributed by atoms with Crippen molar-refractivity contribution in [1.29, 1.82) is 0 Å². The normalized spacial score (nSPS) is 10.7. The molecule has 0 radical (unpaired) electrons. The van der Waals surface area contributed by atoms with Gasteiger partial charge >= 0.3 is 0 Å². The average Bonchev–Trinajstić information content (AvgIpc) is 2.51. The lowest BCUT2D eigenvalue weighted by Gasteiger charge is -2.03. The molecule has 0 bridgehead atoms. The largest absolute Gasteiger partial charge is 0.507 e. The number of benzene rings is 1. The molecular formula is C15H14N4O4. The Kier molecular flexibility index (Phi) is 4.65. The van der Waals surface area contributed by atoms with Gasteiger partial charge in [-0.1, -0.05) is 0 Å². The van der Waals surface area contributed by atoms with Gasteiger partial charge in [0.25, 0.3) is 11.6 Å². The highest BCUT2D eigenvalue weighted by atomic mass is 16.6. The van der Waals surface area contributed by atoms with Crippen LogP contribution in [0, 0.1) is 24.0 Å². The molecule has 1 aromatic heterocycles. The number of nitrogens with zero attached hydrogens (tertiary/aromatic N) is 3. The fraction of sp³-hybridized carbons (Fsp3) is 0.133. The van der Waals surface area contributed by atoms with E-state index < -0.39 is 10.8 Å². The summed E-state index contributed by atoms with van der Waals surface area (Å²) in [5.41, 5.74) is 3.69. The predicted octanol–water partition coefficient (Wildman–Crippen LogP) is 2.08. The molecule has 0 atom stereocenters. The molecule has 0 spiro atoms. The average molecular weight is 314 g/mol. The fourth-order valence-electron chi connectivity index (χ4n) is 1.82. The van der Waals surface area contributed by atoms with E-state index in [4.69, 9.17) is 0 Å². The number of phenols is 1. The number of aromatic nitrogens is 1. The van der Waals surface area contributed by atoms with Gasteiger partial charge in [-0.25, -0.2) is 5.43 Å². The van der Waals surface area contributed by atoms with Crippen molar-refractivity contribution in [2.75, 3.05) is 0 Å². The molecule has 0 saturated heterocycles. The molecule has 8 nitrogen and oxygen atoms in total. The molecule has 0 aliphatic heterocycles. The Balaban J connectivity index is 2.15. The molecule has 0 unspecified atom stereocenters. The summed E-state index contributed by atoms with van der Waals surface area (Å²) >= 11 is 0.